The Morgan fingerprint density at radius 1 is 1.22 bits per heavy atom. The van der Waals surface area contributed by atoms with Gasteiger partial charge in [-0.3, -0.25) is 14.7 Å². The summed E-state index contributed by atoms with van der Waals surface area (Å²) in [6.07, 6.45) is 1.10. The first-order valence-corrected chi connectivity index (χ1v) is 9.35. The average molecular weight is 487 g/mol. The zero-order valence-corrected chi connectivity index (χ0v) is 19.5. The number of hydrogen-bond donors (Lipinski definition) is 3. The first-order chi connectivity index (χ1) is 12.3. The van der Waals surface area contributed by atoms with Crippen LogP contribution in [-0.2, 0) is 17.8 Å². The van der Waals surface area contributed by atoms with Crippen LogP contribution >= 0.6 is 24.0 Å². The van der Waals surface area contributed by atoms with Gasteiger partial charge in [-0.25, -0.2) is 0 Å². The highest BCUT2D eigenvalue weighted by molar-refractivity contribution is 14.0. The second kappa shape index (κ2) is 10.8. The van der Waals surface area contributed by atoms with Gasteiger partial charge in [0.25, 0.3) is 0 Å². The summed E-state index contributed by atoms with van der Waals surface area (Å²) in [5.74, 6) is 0.611. The molecule has 27 heavy (non-hydrogen) atoms. The molecular formula is C20H34IN5O. The molecule has 2 rings (SSSR count). The Balaban J connectivity index is 0.00000364. The molecule has 152 valence electrons. The summed E-state index contributed by atoms with van der Waals surface area (Å²) in [5.41, 5.74) is 2.66. The fraction of sp³-hybridized carbons (Fsp3) is 0.600. The number of guanidine groups is 1. The molecule has 0 saturated carbocycles. The van der Waals surface area contributed by atoms with Crippen LogP contribution in [0, 0.1) is 0 Å². The van der Waals surface area contributed by atoms with E-state index >= 15 is 0 Å². The lowest BCUT2D eigenvalue weighted by atomic mass is 9.99. The zero-order chi connectivity index (χ0) is 19.2. The summed E-state index contributed by atoms with van der Waals surface area (Å²) >= 11 is 0. The fourth-order valence-electron chi connectivity index (χ4n) is 3.11. The Morgan fingerprint density at radius 2 is 1.89 bits per heavy atom. The number of amides is 1. The number of nitrogens with zero attached hydrogens (tertiary/aromatic N) is 2. The van der Waals surface area contributed by atoms with E-state index < -0.39 is 0 Å². The van der Waals surface area contributed by atoms with Crippen molar-refractivity contribution >= 4 is 35.8 Å². The molecule has 6 nitrogen and oxygen atoms in total. The lowest BCUT2D eigenvalue weighted by Crippen LogP contribution is -2.50. The predicted octanol–water partition coefficient (Wildman–Crippen LogP) is 2.13. The van der Waals surface area contributed by atoms with Gasteiger partial charge in [0, 0.05) is 38.3 Å². The zero-order valence-electron chi connectivity index (χ0n) is 17.1. The van der Waals surface area contributed by atoms with E-state index in [1.54, 1.807) is 7.05 Å². The molecule has 1 amide bonds. The van der Waals surface area contributed by atoms with Crippen LogP contribution in [0.2, 0.25) is 0 Å². The molecule has 7 heteroatoms. The lowest BCUT2D eigenvalue weighted by Gasteiger charge is -2.34. The van der Waals surface area contributed by atoms with Crippen LogP contribution in [0.25, 0.3) is 0 Å². The maximum atomic E-state index is 11.9. The number of fused-ring (bicyclic) bond motifs is 1. The van der Waals surface area contributed by atoms with E-state index in [1.165, 1.54) is 11.1 Å². The van der Waals surface area contributed by atoms with Crippen molar-refractivity contribution in [2.24, 2.45) is 4.99 Å². The van der Waals surface area contributed by atoms with Crippen molar-refractivity contribution in [2.45, 2.75) is 52.2 Å². The number of halogens is 1. The van der Waals surface area contributed by atoms with Gasteiger partial charge >= 0.3 is 0 Å². The number of benzene rings is 1. The fourth-order valence-corrected chi connectivity index (χ4v) is 3.11. The molecule has 1 aromatic carbocycles. The van der Waals surface area contributed by atoms with Crippen molar-refractivity contribution in [3.63, 3.8) is 0 Å². The lowest BCUT2D eigenvalue weighted by molar-refractivity contribution is -0.121. The average Bonchev–Trinajstić information content (AvgIpc) is 2.59. The minimum Gasteiger partial charge on any atom is -0.355 e. The van der Waals surface area contributed by atoms with E-state index in [4.69, 9.17) is 0 Å². The summed E-state index contributed by atoms with van der Waals surface area (Å²) in [6.45, 7) is 11.2. The van der Waals surface area contributed by atoms with Gasteiger partial charge in [-0.05, 0) is 45.2 Å². The summed E-state index contributed by atoms with van der Waals surface area (Å²) < 4.78 is 0. The molecule has 1 unspecified atom stereocenters. The molecule has 0 bridgehead atoms. The number of carbonyl (C=O) groups excluding carboxylic acids is 1. The summed E-state index contributed by atoms with van der Waals surface area (Å²) in [4.78, 5) is 18.6. The molecule has 1 aromatic rings. The highest BCUT2D eigenvalue weighted by atomic mass is 127. The van der Waals surface area contributed by atoms with Gasteiger partial charge in [0.2, 0.25) is 5.91 Å². The topological polar surface area (TPSA) is 68.8 Å². The van der Waals surface area contributed by atoms with E-state index in [1.807, 2.05) is 20.8 Å². The van der Waals surface area contributed by atoms with Crippen molar-refractivity contribution in [1.82, 2.24) is 20.9 Å². The summed E-state index contributed by atoms with van der Waals surface area (Å²) in [6, 6.07) is 9.05. The monoisotopic (exact) mass is 487 g/mol. The molecule has 1 heterocycles. The van der Waals surface area contributed by atoms with Crippen LogP contribution in [0.1, 0.15) is 38.8 Å². The summed E-state index contributed by atoms with van der Waals surface area (Å²) in [5, 5.41) is 9.33. The van der Waals surface area contributed by atoms with Crippen LogP contribution in [-0.4, -0.2) is 55.0 Å². The number of hydrogen-bond acceptors (Lipinski definition) is 3. The quantitative estimate of drug-likeness (QED) is 0.338. The van der Waals surface area contributed by atoms with Gasteiger partial charge in [-0.2, -0.15) is 0 Å². The second-order valence-electron chi connectivity index (χ2n) is 7.94. The smallest absolute Gasteiger partial charge is 0.239 e. The number of carbonyl (C=O) groups is 1. The van der Waals surface area contributed by atoms with Crippen molar-refractivity contribution < 1.29 is 4.79 Å². The highest BCUT2D eigenvalue weighted by Crippen LogP contribution is 2.19. The Hall–Kier alpha value is -1.35. The van der Waals surface area contributed by atoms with Crippen molar-refractivity contribution in [3.05, 3.63) is 35.4 Å². The summed E-state index contributed by atoms with van der Waals surface area (Å²) in [7, 11) is 1.72. The van der Waals surface area contributed by atoms with Crippen LogP contribution in [0.3, 0.4) is 0 Å². The molecule has 0 aliphatic carbocycles. The SMILES string of the molecule is CN=C(NCC(=O)NC(C)(C)C)NCC(C)N1CCc2ccccc2C1.I. The normalized spacial score (nSPS) is 16.0. The molecule has 1 aliphatic heterocycles. The molecule has 1 atom stereocenters. The molecule has 0 aromatic heterocycles. The molecule has 0 fully saturated rings. The van der Waals surface area contributed by atoms with Gasteiger partial charge in [-0.1, -0.05) is 24.3 Å². The number of rotatable bonds is 5. The van der Waals surface area contributed by atoms with Gasteiger partial charge in [-0.15, -0.1) is 24.0 Å². The first kappa shape index (κ1) is 23.7. The van der Waals surface area contributed by atoms with Gasteiger partial charge < -0.3 is 16.0 Å². The van der Waals surface area contributed by atoms with Crippen LogP contribution in [0.15, 0.2) is 29.3 Å². The van der Waals surface area contributed by atoms with Crippen molar-refractivity contribution in [1.29, 1.82) is 0 Å². The Morgan fingerprint density at radius 3 is 2.52 bits per heavy atom. The number of nitrogens with one attached hydrogen (secondary N) is 3. The van der Waals surface area contributed by atoms with E-state index in [0.29, 0.717) is 12.0 Å². The van der Waals surface area contributed by atoms with Crippen LogP contribution in [0.5, 0.6) is 0 Å². The maximum Gasteiger partial charge on any atom is 0.239 e. The molecule has 3 N–H and O–H groups in total. The van der Waals surface area contributed by atoms with Gasteiger partial charge in [0.15, 0.2) is 5.96 Å². The molecule has 0 saturated heterocycles. The molecule has 1 aliphatic rings. The Kier molecular flexibility index (Phi) is 9.52. The van der Waals surface area contributed by atoms with Gasteiger partial charge in [0.1, 0.15) is 0 Å². The molecule has 0 spiro atoms. The maximum absolute atomic E-state index is 11.9. The first-order valence-electron chi connectivity index (χ1n) is 9.35. The van der Waals surface area contributed by atoms with E-state index in [9.17, 15) is 4.79 Å². The Bertz CT molecular complexity index is 642. The largest absolute Gasteiger partial charge is 0.355 e. The van der Waals surface area contributed by atoms with Gasteiger partial charge in [0.05, 0.1) is 6.54 Å². The number of aliphatic imine (C=N–C) groups is 1. The van der Waals surface area contributed by atoms with E-state index in [-0.39, 0.29) is 42.0 Å². The third-order valence-electron chi connectivity index (χ3n) is 4.50. The minimum atomic E-state index is -0.227. The van der Waals surface area contributed by atoms with Crippen LogP contribution in [0.4, 0.5) is 0 Å². The van der Waals surface area contributed by atoms with E-state index in [0.717, 1.165) is 26.1 Å². The van der Waals surface area contributed by atoms with Crippen molar-refractivity contribution in [2.75, 3.05) is 26.7 Å². The van der Waals surface area contributed by atoms with E-state index in [2.05, 4.69) is 57.0 Å². The molecule has 0 radical (unpaired) electrons. The molecular weight excluding hydrogens is 453 g/mol. The van der Waals surface area contributed by atoms with Crippen LogP contribution < -0.4 is 16.0 Å². The third kappa shape index (κ3) is 8.04. The van der Waals surface area contributed by atoms with Crippen molar-refractivity contribution in [3.8, 4) is 0 Å². The second-order valence-corrected chi connectivity index (χ2v) is 7.94. The Labute approximate surface area is 180 Å². The highest BCUT2D eigenvalue weighted by Gasteiger charge is 2.20. The third-order valence-corrected chi connectivity index (χ3v) is 4.50. The minimum absolute atomic E-state index is 0. The standard InChI is InChI=1S/C20H33N5O.HI/c1-15(25-11-10-16-8-6-7-9-17(16)14-25)12-22-19(21-5)23-13-18(26)24-20(2,3)4;/h6-9,15H,10-14H2,1-5H3,(H,24,26)(H2,21,22,23);1H. The predicted molar refractivity (Wildman–Crippen MR) is 123 cm³/mol.